The molecule has 0 N–H and O–H groups in total. The second-order valence-corrected chi connectivity index (χ2v) is 6.49. The molecule has 0 saturated carbocycles. The molecule has 18 heavy (non-hydrogen) atoms. The number of benzene rings is 1. The zero-order chi connectivity index (χ0) is 13.5. The van der Waals surface area contributed by atoms with Gasteiger partial charge in [0.25, 0.3) is 5.91 Å². The second kappa shape index (κ2) is 8.50. The van der Waals surface area contributed by atoms with E-state index in [0.29, 0.717) is 25.3 Å². The smallest absolute Gasteiger partial charge is 0.255 e. The van der Waals surface area contributed by atoms with Gasteiger partial charge in [-0.15, -0.1) is 0 Å². The van der Waals surface area contributed by atoms with E-state index in [1.54, 1.807) is 12.0 Å². The Labute approximate surface area is 138 Å². The van der Waals surface area contributed by atoms with E-state index in [9.17, 15) is 4.79 Å². The molecule has 0 fully saturated rings. The number of amides is 1. The van der Waals surface area contributed by atoms with Crippen LogP contribution >= 0.6 is 54.5 Å². The molecule has 0 aliphatic rings. The van der Waals surface area contributed by atoms with Crippen LogP contribution in [0.5, 0.6) is 0 Å². The number of carbonyl (C=O) groups excluding carboxylic acids is 1. The quantitative estimate of drug-likeness (QED) is 0.451. The lowest BCUT2D eigenvalue weighted by atomic mass is 10.2. The molecule has 0 aliphatic heterocycles. The summed E-state index contributed by atoms with van der Waals surface area (Å²) in [5.74, 6) is 0.0249. The fourth-order valence-corrected chi connectivity index (χ4v) is 2.79. The Morgan fingerprint density at radius 3 is 2.78 bits per heavy atom. The molecule has 0 unspecified atom stereocenters. The molecule has 1 aromatic rings. The van der Waals surface area contributed by atoms with E-state index in [4.69, 9.17) is 4.74 Å². The predicted molar refractivity (Wildman–Crippen MR) is 88.4 cm³/mol. The maximum absolute atomic E-state index is 12.4. The lowest BCUT2D eigenvalue weighted by Crippen LogP contribution is -2.35. The standard InChI is InChI=1S/C12H14Br2INO2/c1-18-7-6-16(5-4-13)12(17)10-8-9(15)2-3-11(10)14/h2-3,8H,4-7H2,1H3. The Kier molecular flexibility index (Phi) is 7.74. The summed E-state index contributed by atoms with van der Waals surface area (Å²) in [5.41, 5.74) is 0.693. The van der Waals surface area contributed by atoms with Gasteiger partial charge in [0.2, 0.25) is 0 Å². The third-order valence-electron chi connectivity index (χ3n) is 2.37. The third kappa shape index (κ3) is 4.79. The molecule has 0 bridgehead atoms. The molecule has 0 atom stereocenters. The van der Waals surface area contributed by atoms with Gasteiger partial charge in [0.05, 0.1) is 12.2 Å². The summed E-state index contributed by atoms with van der Waals surface area (Å²) < 4.78 is 6.91. The first-order valence-corrected chi connectivity index (χ1v) is 8.38. The molecule has 0 aliphatic carbocycles. The predicted octanol–water partition coefficient (Wildman–Crippen LogP) is 3.54. The van der Waals surface area contributed by atoms with Crippen LogP contribution < -0.4 is 0 Å². The molecule has 0 aromatic heterocycles. The lowest BCUT2D eigenvalue weighted by molar-refractivity contribution is 0.0708. The highest BCUT2D eigenvalue weighted by Gasteiger charge is 2.17. The van der Waals surface area contributed by atoms with E-state index in [-0.39, 0.29) is 5.91 Å². The van der Waals surface area contributed by atoms with Crippen molar-refractivity contribution in [3.05, 3.63) is 31.8 Å². The van der Waals surface area contributed by atoms with Gasteiger partial charge in [-0.3, -0.25) is 4.79 Å². The van der Waals surface area contributed by atoms with Crippen molar-refractivity contribution in [1.29, 1.82) is 0 Å². The van der Waals surface area contributed by atoms with Crippen molar-refractivity contribution in [2.45, 2.75) is 0 Å². The fourth-order valence-electron chi connectivity index (χ4n) is 1.45. The minimum absolute atomic E-state index is 0.0249. The van der Waals surface area contributed by atoms with Gasteiger partial charge >= 0.3 is 0 Å². The number of ether oxygens (including phenoxy) is 1. The van der Waals surface area contributed by atoms with E-state index in [1.165, 1.54) is 0 Å². The number of nitrogens with zero attached hydrogens (tertiary/aromatic N) is 1. The van der Waals surface area contributed by atoms with Gasteiger partial charge in [0.15, 0.2) is 0 Å². The van der Waals surface area contributed by atoms with Crippen LogP contribution in [0.15, 0.2) is 22.7 Å². The van der Waals surface area contributed by atoms with Gasteiger partial charge in [-0.25, -0.2) is 0 Å². The van der Waals surface area contributed by atoms with E-state index >= 15 is 0 Å². The topological polar surface area (TPSA) is 29.5 Å². The first-order chi connectivity index (χ1) is 8.60. The number of hydrogen-bond acceptors (Lipinski definition) is 2. The molecule has 100 valence electrons. The van der Waals surface area contributed by atoms with Gasteiger partial charge in [-0.2, -0.15) is 0 Å². The van der Waals surface area contributed by atoms with Gasteiger partial charge in [0, 0.05) is 33.6 Å². The van der Waals surface area contributed by atoms with Crippen LogP contribution in [0.25, 0.3) is 0 Å². The minimum atomic E-state index is 0.0249. The van der Waals surface area contributed by atoms with E-state index < -0.39 is 0 Å². The van der Waals surface area contributed by atoms with E-state index in [0.717, 1.165) is 13.4 Å². The Morgan fingerprint density at radius 2 is 2.17 bits per heavy atom. The van der Waals surface area contributed by atoms with Crippen LogP contribution in [-0.4, -0.2) is 42.9 Å². The average Bonchev–Trinajstić information content (AvgIpc) is 2.36. The molecule has 1 amide bonds. The van der Waals surface area contributed by atoms with Crippen molar-refractivity contribution >= 4 is 60.4 Å². The largest absolute Gasteiger partial charge is 0.383 e. The highest BCUT2D eigenvalue weighted by atomic mass is 127. The summed E-state index contributed by atoms with van der Waals surface area (Å²) in [5, 5.41) is 0.754. The van der Waals surface area contributed by atoms with Crippen molar-refractivity contribution < 1.29 is 9.53 Å². The number of carbonyl (C=O) groups is 1. The molecule has 0 spiro atoms. The van der Waals surface area contributed by atoms with Gasteiger partial charge < -0.3 is 9.64 Å². The summed E-state index contributed by atoms with van der Waals surface area (Å²) in [7, 11) is 1.64. The number of alkyl halides is 1. The first-order valence-electron chi connectivity index (χ1n) is 5.39. The third-order valence-corrected chi connectivity index (χ3v) is 4.08. The van der Waals surface area contributed by atoms with E-state index in [1.807, 2.05) is 18.2 Å². The Balaban J connectivity index is 2.90. The molecule has 3 nitrogen and oxygen atoms in total. The second-order valence-electron chi connectivity index (χ2n) is 3.60. The Bertz CT molecular complexity index is 415. The Morgan fingerprint density at radius 1 is 1.44 bits per heavy atom. The minimum Gasteiger partial charge on any atom is -0.383 e. The zero-order valence-electron chi connectivity index (χ0n) is 9.96. The summed E-state index contributed by atoms with van der Waals surface area (Å²) in [6.07, 6.45) is 0. The maximum atomic E-state index is 12.4. The molecule has 1 rings (SSSR count). The highest BCUT2D eigenvalue weighted by Crippen LogP contribution is 2.21. The van der Waals surface area contributed by atoms with Crippen LogP contribution in [0.2, 0.25) is 0 Å². The first kappa shape index (κ1) is 16.4. The molecular weight excluding hydrogens is 477 g/mol. The van der Waals surface area contributed by atoms with Crippen LogP contribution in [0.1, 0.15) is 10.4 Å². The van der Waals surface area contributed by atoms with E-state index in [2.05, 4.69) is 54.5 Å². The van der Waals surface area contributed by atoms with Crippen molar-refractivity contribution in [2.24, 2.45) is 0 Å². The molecule has 0 saturated heterocycles. The van der Waals surface area contributed by atoms with Crippen molar-refractivity contribution in [1.82, 2.24) is 4.90 Å². The maximum Gasteiger partial charge on any atom is 0.255 e. The van der Waals surface area contributed by atoms with Crippen LogP contribution in [0.4, 0.5) is 0 Å². The van der Waals surface area contributed by atoms with Crippen molar-refractivity contribution in [3.8, 4) is 0 Å². The van der Waals surface area contributed by atoms with Crippen LogP contribution in [0.3, 0.4) is 0 Å². The number of hydrogen-bond donors (Lipinski definition) is 0. The number of halogens is 3. The van der Waals surface area contributed by atoms with Crippen molar-refractivity contribution in [2.75, 3.05) is 32.1 Å². The van der Waals surface area contributed by atoms with Gasteiger partial charge in [-0.05, 0) is 56.7 Å². The van der Waals surface area contributed by atoms with Crippen molar-refractivity contribution in [3.63, 3.8) is 0 Å². The molecule has 0 heterocycles. The highest BCUT2D eigenvalue weighted by molar-refractivity contribution is 14.1. The fraction of sp³-hybridized carbons (Fsp3) is 0.417. The van der Waals surface area contributed by atoms with Crippen LogP contribution in [-0.2, 0) is 4.74 Å². The SMILES string of the molecule is COCCN(CCBr)C(=O)c1cc(I)ccc1Br. The summed E-state index contributed by atoms with van der Waals surface area (Å²) in [6.45, 7) is 1.80. The molecule has 6 heteroatoms. The average molecular weight is 491 g/mol. The lowest BCUT2D eigenvalue weighted by Gasteiger charge is -2.22. The summed E-state index contributed by atoms with van der Waals surface area (Å²) >= 11 is 9.00. The molecule has 0 radical (unpaired) electrons. The van der Waals surface area contributed by atoms with Crippen LogP contribution in [0, 0.1) is 3.57 Å². The molecular formula is C12H14Br2INO2. The van der Waals surface area contributed by atoms with Gasteiger partial charge in [0.1, 0.15) is 0 Å². The molecule has 1 aromatic carbocycles. The number of methoxy groups -OCH3 is 1. The normalized spacial score (nSPS) is 10.4. The number of rotatable bonds is 6. The van der Waals surface area contributed by atoms with Gasteiger partial charge in [-0.1, -0.05) is 15.9 Å². The summed E-state index contributed by atoms with van der Waals surface area (Å²) in [6, 6.07) is 5.75. The monoisotopic (exact) mass is 489 g/mol. The summed E-state index contributed by atoms with van der Waals surface area (Å²) in [4.78, 5) is 14.2. The Hall–Kier alpha value is 0.340. The zero-order valence-corrected chi connectivity index (χ0v) is 15.3.